The standard InChI is InChI=1S/C11H13N3O2S/c15-17(16)7-4-9(5-8-17)11-12-10-3-1-2-6-14(10)13-11/h1-3,6,9H,4-5,7-8H2. The number of hydrogen-bond donors (Lipinski definition) is 0. The molecule has 0 spiro atoms. The maximum absolute atomic E-state index is 11.4. The molecule has 0 aliphatic carbocycles. The Bertz CT molecular complexity index is 601. The van der Waals surface area contributed by atoms with E-state index < -0.39 is 9.84 Å². The van der Waals surface area contributed by atoms with Crippen molar-refractivity contribution in [3.05, 3.63) is 30.2 Å². The van der Waals surface area contributed by atoms with Gasteiger partial charge in [-0.3, -0.25) is 0 Å². The lowest BCUT2D eigenvalue weighted by Gasteiger charge is -2.18. The van der Waals surface area contributed by atoms with Crippen LogP contribution in [0.15, 0.2) is 24.4 Å². The Morgan fingerprint density at radius 2 is 2.00 bits per heavy atom. The van der Waals surface area contributed by atoms with Crippen LogP contribution in [0, 0.1) is 0 Å². The highest BCUT2D eigenvalue weighted by Crippen LogP contribution is 2.26. The van der Waals surface area contributed by atoms with E-state index in [0.29, 0.717) is 12.8 Å². The molecule has 6 heteroatoms. The summed E-state index contributed by atoms with van der Waals surface area (Å²) < 4.78 is 24.4. The van der Waals surface area contributed by atoms with Crippen LogP contribution in [0.1, 0.15) is 24.6 Å². The molecule has 3 heterocycles. The molecule has 17 heavy (non-hydrogen) atoms. The molecule has 3 rings (SSSR count). The van der Waals surface area contributed by atoms with E-state index in [1.165, 1.54) is 0 Å². The van der Waals surface area contributed by atoms with Crippen molar-refractivity contribution in [3.63, 3.8) is 0 Å². The van der Waals surface area contributed by atoms with Crippen LogP contribution in [0.2, 0.25) is 0 Å². The first-order chi connectivity index (χ1) is 8.14. The lowest BCUT2D eigenvalue weighted by atomic mass is 10.0. The summed E-state index contributed by atoms with van der Waals surface area (Å²) in [4.78, 5) is 4.44. The second kappa shape index (κ2) is 3.80. The molecule has 0 radical (unpaired) electrons. The highest BCUT2D eigenvalue weighted by atomic mass is 32.2. The average Bonchev–Trinajstić information content (AvgIpc) is 2.72. The van der Waals surface area contributed by atoms with Gasteiger partial charge in [-0.1, -0.05) is 6.07 Å². The summed E-state index contributed by atoms with van der Waals surface area (Å²) in [6.45, 7) is 0. The van der Waals surface area contributed by atoms with E-state index in [-0.39, 0.29) is 17.4 Å². The minimum Gasteiger partial charge on any atom is -0.229 e. The molecule has 0 saturated carbocycles. The summed E-state index contributed by atoms with van der Waals surface area (Å²) in [6, 6.07) is 5.71. The van der Waals surface area contributed by atoms with Gasteiger partial charge in [-0.15, -0.1) is 0 Å². The number of rotatable bonds is 1. The van der Waals surface area contributed by atoms with Gasteiger partial charge in [0, 0.05) is 12.1 Å². The molecule has 2 aromatic heterocycles. The van der Waals surface area contributed by atoms with Gasteiger partial charge in [-0.25, -0.2) is 17.9 Å². The number of nitrogens with zero attached hydrogens (tertiary/aromatic N) is 3. The first kappa shape index (κ1) is 10.7. The molecule has 0 aromatic carbocycles. The molecule has 2 aromatic rings. The zero-order valence-electron chi connectivity index (χ0n) is 9.28. The Morgan fingerprint density at radius 3 is 2.71 bits per heavy atom. The van der Waals surface area contributed by atoms with E-state index in [1.54, 1.807) is 4.52 Å². The Labute approximate surface area is 99.4 Å². The molecule has 90 valence electrons. The lowest BCUT2D eigenvalue weighted by molar-refractivity contribution is 0.537. The van der Waals surface area contributed by atoms with E-state index in [9.17, 15) is 8.42 Å². The number of aromatic nitrogens is 3. The molecule has 5 nitrogen and oxygen atoms in total. The van der Waals surface area contributed by atoms with Crippen LogP contribution in [0.4, 0.5) is 0 Å². The summed E-state index contributed by atoms with van der Waals surface area (Å²) in [5, 5.41) is 4.39. The molecule has 1 aliphatic rings. The number of hydrogen-bond acceptors (Lipinski definition) is 4. The van der Waals surface area contributed by atoms with Crippen molar-refractivity contribution in [1.82, 2.24) is 14.6 Å². The molecule has 1 aliphatic heterocycles. The molecule has 0 atom stereocenters. The van der Waals surface area contributed by atoms with E-state index in [4.69, 9.17) is 0 Å². The van der Waals surface area contributed by atoms with E-state index >= 15 is 0 Å². The van der Waals surface area contributed by atoms with Crippen LogP contribution in [0.25, 0.3) is 5.65 Å². The van der Waals surface area contributed by atoms with Crippen LogP contribution >= 0.6 is 0 Å². The third kappa shape index (κ3) is 2.04. The van der Waals surface area contributed by atoms with Gasteiger partial charge >= 0.3 is 0 Å². The predicted octanol–water partition coefficient (Wildman–Crippen LogP) is 1.02. The smallest absolute Gasteiger partial charge is 0.155 e. The topological polar surface area (TPSA) is 64.3 Å². The fraction of sp³-hybridized carbons (Fsp3) is 0.455. The van der Waals surface area contributed by atoms with E-state index in [0.717, 1.165) is 11.5 Å². The van der Waals surface area contributed by atoms with E-state index in [1.807, 2.05) is 24.4 Å². The van der Waals surface area contributed by atoms with Gasteiger partial charge in [0.05, 0.1) is 11.5 Å². The Balaban J connectivity index is 1.90. The van der Waals surface area contributed by atoms with Gasteiger partial charge in [-0.05, 0) is 25.0 Å². The minimum atomic E-state index is -2.82. The van der Waals surface area contributed by atoms with Gasteiger partial charge in [0.25, 0.3) is 0 Å². The normalized spacial score (nSPS) is 20.7. The van der Waals surface area contributed by atoms with Gasteiger partial charge < -0.3 is 0 Å². The van der Waals surface area contributed by atoms with Gasteiger partial charge in [0.2, 0.25) is 0 Å². The van der Waals surface area contributed by atoms with Crippen molar-refractivity contribution in [3.8, 4) is 0 Å². The number of sulfone groups is 1. The zero-order valence-corrected chi connectivity index (χ0v) is 10.1. The minimum absolute atomic E-state index is 0.179. The summed E-state index contributed by atoms with van der Waals surface area (Å²) in [5.74, 6) is 1.46. The van der Waals surface area contributed by atoms with Gasteiger partial charge in [0.1, 0.15) is 9.84 Å². The second-order valence-corrected chi connectivity index (χ2v) is 6.70. The average molecular weight is 251 g/mol. The van der Waals surface area contributed by atoms with Crippen molar-refractivity contribution in [2.24, 2.45) is 0 Å². The SMILES string of the molecule is O=S1(=O)CCC(c2nc3ccccn3n2)CC1. The fourth-order valence-corrected chi connectivity index (χ4v) is 3.66. The maximum atomic E-state index is 11.4. The van der Waals surface area contributed by atoms with Crippen LogP contribution < -0.4 is 0 Å². The molecule has 0 N–H and O–H groups in total. The van der Waals surface area contributed by atoms with Crippen LogP contribution in [0.5, 0.6) is 0 Å². The summed E-state index contributed by atoms with van der Waals surface area (Å²) in [6.07, 6.45) is 3.13. The predicted molar refractivity (Wildman–Crippen MR) is 63.6 cm³/mol. The summed E-state index contributed by atoms with van der Waals surface area (Å²) in [7, 11) is -2.82. The highest BCUT2D eigenvalue weighted by Gasteiger charge is 2.27. The van der Waals surface area contributed by atoms with Crippen LogP contribution in [-0.2, 0) is 9.84 Å². The molecule has 1 saturated heterocycles. The molecule has 0 bridgehead atoms. The molecule has 0 unspecified atom stereocenters. The van der Waals surface area contributed by atoms with Crippen molar-refractivity contribution < 1.29 is 8.42 Å². The first-order valence-corrected chi connectivity index (χ1v) is 7.48. The molecule has 1 fully saturated rings. The van der Waals surface area contributed by atoms with Gasteiger partial charge in [-0.2, -0.15) is 5.10 Å². The molecular formula is C11H13N3O2S. The maximum Gasteiger partial charge on any atom is 0.155 e. The quantitative estimate of drug-likeness (QED) is 0.759. The van der Waals surface area contributed by atoms with Crippen molar-refractivity contribution in [2.75, 3.05) is 11.5 Å². The Hall–Kier alpha value is -1.43. The highest BCUT2D eigenvalue weighted by molar-refractivity contribution is 7.91. The molecular weight excluding hydrogens is 238 g/mol. The third-order valence-electron chi connectivity index (χ3n) is 3.18. The third-order valence-corrected chi connectivity index (χ3v) is 4.89. The van der Waals surface area contributed by atoms with Crippen molar-refractivity contribution >= 4 is 15.5 Å². The molecule has 0 amide bonds. The van der Waals surface area contributed by atoms with Crippen molar-refractivity contribution in [2.45, 2.75) is 18.8 Å². The van der Waals surface area contributed by atoms with Crippen LogP contribution in [0.3, 0.4) is 0 Å². The summed E-state index contributed by atoms with van der Waals surface area (Å²) in [5.41, 5.74) is 0.816. The van der Waals surface area contributed by atoms with E-state index in [2.05, 4.69) is 10.1 Å². The largest absolute Gasteiger partial charge is 0.229 e. The Kier molecular flexibility index (Phi) is 2.39. The summed E-state index contributed by atoms with van der Waals surface area (Å²) >= 11 is 0. The van der Waals surface area contributed by atoms with Crippen LogP contribution in [-0.4, -0.2) is 34.5 Å². The second-order valence-electron chi connectivity index (χ2n) is 4.40. The van der Waals surface area contributed by atoms with Crippen molar-refractivity contribution in [1.29, 1.82) is 0 Å². The first-order valence-electron chi connectivity index (χ1n) is 5.66. The lowest BCUT2D eigenvalue weighted by Crippen LogP contribution is -2.22. The Morgan fingerprint density at radius 1 is 1.24 bits per heavy atom. The number of fused-ring (bicyclic) bond motifs is 1. The fourth-order valence-electron chi connectivity index (χ4n) is 2.17. The monoisotopic (exact) mass is 251 g/mol. The zero-order chi connectivity index (χ0) is 11.9. The van der Waals surface area contributed by atoms with Gasteiger partial charge in [0.15, 0.2) is 11.5 Å². The number of pyridine rings is 1.